The van der Waals surface area contributed by atoms with E-state index in [-0.39, 0.29) is 18.2 Å². The maximum Gasteiger partial charge on any atom is 0.330 e. The number of aromatic amines is 1. The van der Waals surface area contributed by atoms with Gasteiger partial charge in [-0.3, -0.25) is 19.1 Å². The number of carbonyl (C=O) groups is 1. The number of aryl methyl sites for hydroxylation is 4. The fourth-order valence-electron chi connectivity index (χ4n) is 4.18. The molecule has 0 saturated carbocycles. The van der Waals surface area contributed by atoms with E-state index in [9.17, 15) is 14.4 Å². The van der Waals surface area contributed by atoms with Crippen molar-refractivity contribution in [2.24, 2.45) is 5.92 Å². The van der Waals surface area contributed by atoms with E-state index in [1.165, 1.54) is 4.57 Å². The molecular formula is C26H37N5O4. The highest BCUT2D eigenvalue weighted by atomic mass is 16.5. The second-order valence-corrected chi connectivity index (χ2v) is 9.49. The van der Waals surface area contributed by atoms with Crippen molar-refractivity contribution in [1.29, 1.82) is 0 Å². The van der Waals surface area contributed by atoms with Crippen LogP contribution < -0.4 is 21.3 Å². The summed E-state index contributed by atoms with van der Waals surface area (Å²) in [6.45, 7) is 12.0. The van der Waals surface area contributed by atoms with Crippen molar-refractivity contribution in [3.8, 4) is 5.75 Å². The Labute approximate surface area is 205 Å². The van der Waals surface area contributed by atoms with Crippen LogP contribution >= 0.6 is 0 Å². The maximum absolute atomic E-state index is 12.7. The van der Waals surface area contributed by atoms with Gasteiger partial charge in [-0.25, -0.2) is 9.78 Å². The van der Waals surface area contributed by atoms with Crippen LogP contribution in [0.5, 0.6) is 5.75 Å². The number of hydrogen-bond donors (Lipinski definition) is 2. The SMILES string of the molecule is CCCCn1c(=O)[nH]c(=O)c2c1nc(CCC(=O)NCCOc1cc(C)cc(C)c1)n2CC(C)C. The molecule has 0 aliphatic carbocycles. The van der Waals surface area contributed by atoms with Crippen LogP contribution in [0.3, 0.4) is 0 Å². The van der Waals surface area contributed by atoms with Crippen molar-refractivity contribution in [1.82, 2.24) is 24.4 Å². The second kappa shape index (κ2) is 11.9. The Hall–Kier alpha value is -3.36. The van der Waals surface area contributed by atoms with Gasteiger partial charge in [-0.1, -0.05) is 33.3 Å². The molecule has 1 amide bonds. The minimum atomic E-state index is -0.446. The van der Waals surface area contributed by atoms with Crippen molar-refractivity contribution in [2.45, 2.75) is 73.4 Å². The molecule has 0 spiro atoms. The summed E-state index contributed by atoms with van der Waals surface area (Å²) in [6.07, 6.45) is 2.31. The molecule has 0 atom stereocenters. The van der Waals surface area contributed by atoms with Gasteiger partial charge in [-0.15, -0.1) is 0 Å². The molecule has 3 aromatic rings. The highest BCUT2D eigenvalue weighted by Gasteiger charge is 2.19. The molecule has 0 aliphatic heterocycles. The van der Waals surface area contributed by atoms with E-state index in [0.717, 1.165) is 29.7 Å². The minimum Gasteiger partial charge on any atom is -0.492 e. The zero-order valence-corrected chi connectivity index (χ0v) is 21.4. The molecule has 0 bridgehead atoms. The average Bonchev–Trinajstić information content (AvgIpc) is 3.12. The lowest BCUT2D eigenvalue weighted by atomic mass is 10.1. The highest BCUT2D eigenvalue weighted by molar-refractivity contribution is 5.76. The van der Waals surface area contributed by atoms with E-state index in [2.05, 4.69) is 35.2 Å². The van der Waals surface area contributed by atoms with E-state index in [4.69, 9.17) is 4.74 Å². The van der Waals surface area contributed by atoms with Crippen molar-refractivity contribution in [3.05, 3.63) is 56.0 Å². The predicted molar refractivity (Wildman–Crippen MR) is 137 cm³/mol. The molecule has 9 nitrogen and oxygen atoms in total. The third-order valence-corrected chi connectivity index (χ3v) is 5.71. The fraction of sp³-hybridized carbons (Fsp3) is 0.538. The highest BCUT2D eigenvalue weighted by Crippen LogP contribution is 2.17. The molecule has 2 N–H and O–H groups in total. The average molecular weight is 484 g/mol. The lowest BCUT2D eigenvalue weighted by Crippen LogP contribution is -2.31. The van der Waals surface area contributed by atoms with Crippen molar-refractivity contribution >= 4 is 17.1 Å². The van der Waals surface area contributed by atoms with Crippen LogP contribution in [-0.2, 0) is 24.3 Å². The Bertz CT molecular complexity index is 1270. The Morgan fingerprint density at radius 1 is 1.14 bits per heavy atom. The van der Waals surface area contributed by atoms with Gasteiger partial charge in [0.25, 0.3) is 5.56 Å². The molecule has 1 aromatic carbocycles. The molecule has 35 heavy (non-hydrogen) atoms. The van der Waals surface area contributed by atoms with Gasteiger partial charge in [0.2, 0.25) is 5.91 Å². The van der Waals surface area contributed by atoms with Crippen molar-refractivity contribution in [3.63, 3.8) is 0 Å². The maximum atomic E-state index is 12.7. The summed E-state index contributed by atoms with van der Waals surface area (Å²) in [5.74, 6) is 1.57. The molecule has 2 heterocycles. The number of aromatic nitrogens is 4. The topological polar surface area (TPSA) is 111 Å². The predicted octanol–water partition coefficient (Wildman–Crippen LogP) is 3.09. The smallest absolute Gasteiger partial charge is 0.330 e. The van der Waals surface area contributed by atoms with Crippen molar-refractivity contribution < 1.29 is 9.53 Å². The number of hydrogen-bond acceptors (Lipinski definition) is 5. The van der Waals surface area contributed by atoms with Gasteiger partial charge >= 0.3 is 5.69 Å². The van der Waals surface area contributed by atoms with E-state index < -0.39 is 11.2 Å². The summed E-state index contributed by atoms with van der Waals surface area (Å²) in [7, 11) is 0. The van der Waals surface area contributed by atoms with Crippen LogP contribution in [-0.4, -0.2) is 38.2 Å². The molecular weight excluding hydrogens is 446 g/mol. The number of carbonyl (C=O) groups excluding carboxylic acids is 1. The molecule has 190 valence electrons. The first-order valence-corrected chi connectivity index (χ1v) is 12.4. The molecule has 0 fully saturated rings. The summed E-state index contributed by atoms with van der Waals surface area (Å²) in [4.78, 5) is 44.7. The number of nitrogens with one attached hydrogen (secondary N) is 2. The summed E-state index contributed by atoms with van der Waals surface area (Å²) in [5, 5.41) is 2.88. The third kappa shape index (κ3) is 6.83. The lowest BCUT2D eigenvalue weighted by molar-refractivity contribution is -0.121. The lowest BCUT2D eigenvalue weighted by Gasteiger charge is -2.12. The zero-order chi connectivity index (χ0) is 25.5. The van der Waals surface area contributed by atoms with Crippen LogP contribution in [0.2, 0.25) is 0 Å². The number of amides is 1. The Kier molecular flexibility index (Phi) is 8.89. The molecule has 9 heteroatoms. The Morgan fingerprint density at radius 2 is 1.86 bits per heavy atom. The fourth-order valence-corrected chi connectivity index (χ4v) is 4.18. The van der Waals surface area contributed by atoms with Crippen LogP contribution in [0, 0.1) is 19.8 Å². The summed E-state index contributed by atoms with van der Waals surface area (Å²) in [5.41, 5.74) is 2.17. The van der Waals surface area contributed by atoms with Gasteiger partial charge in [0, 0.05) is 25.9 Å². The summed E-state index contributed by atoms with van der Waals surface area (Å²) >= 11 is 0. The van der Waals surface area contributed by atoms with Gasteiger partial charge in [0.15, 0.2) is 11.2 Å². The molecule has 2 aromatic heterocycles. The van der Waals surface area contributed by atoms with Crippen LogP contribution in [0.15, 0.2) is 27.8 Å². The first-order valence-electron chi connectivity index (χ1n) is 12.4. The molecule has 0 unspecified atom stereocenters. The third-order valence-electron chi connectivity index (χ3n) is 5.71. The number of imidazole rings is 1. The standard InChI is InChI=1S/C26H37N5O4/c1-6-7-11-30-24-23(25(33)29-26(30)34)31(16-17(2)3)21(28-24)8-9-22(32)27-10-12-35-20-14-18(4)13-19(5)15-20/h13-15,17H,6-12,16H2,1-5H3,(H,27,32)(H,29,33,34). The van der Waals surface area contributed by atoms with Gasteiger partial charge in [-0.05, 0) is 49.4 Å². The van der Waals surface area contributed by atoms with E-state index in [1.807, 2.05) is 37.5 Å². The van der Waals surface area contributed by atoms with E-state index >= 15 is 0 Å². The molecule has 0 saturated heterocycles. The molecule has 3 rings (SSSR count). The molecule has 0 aliphatic rings. The minimum absolute atomic E-state index is 0.116. The number of nitrogens with zero attached hydrogens (tertiary/aromatic N) is 3. The van der Waals surface area contributed by atoms with Crippen LogP contribution in [0.4, 0.5) is 0 Å². The second-order valence-electron chi connectivity index (χ2n) is 9.49. The molecule has 0 radical (unpaired) electrons. The van der Waals surface area contributed by atoms with E-state index in [0.29, 0.717) is 49.7 Å². The Balaban J connectivity index is 1.69. The number of ether oxygens (including phenoxy) is 1. The van der Waals surface area contributed by atoms with Crippen LogP contribution in [0.1, 0.15) is 57.0 Å². The number of benzene rings is 1. The monoisotopic (exact) mass is 483 g/mol. The van der Waals surface area contributed by atoms with Gasteiger partial charge in [0.05, 0.1) is 6.54 Å². The van der Waals surface area contributed by atoms with E-state index in [1.54, 1.807) is 0 Å². The summed E-state index contributed by atoms with van der Waals surface area (Å²) in [6, 6.07) is 6.02. The number of H-pyrrole nitrogens is 1. The Morgan fingerprint density at radius 3 is 2.51 bits per heavy atom. The van der Waals surface area contributed by atoms with Gasteiger partial charge < -0.3 is 14.6 Å². The number of unbranched alkanes of at least 4 members (excludes halogenated alkanes) is 1. The largest absolute Gasteiger partial charge is 0.492 e. The van der Waals surface area contributed by atoms with Crippen molar-refractivity contribution in [2.75, 3.05) is 13.2 Å². The first-order chi connectivity index (χ1) is 16.7. The quantitative estimate of drug-likeness (QED) is 0.385. The van der Waals surface area contributed by atoms with Gasteiger partial charge in [-0.2, -0.15) is 0 Å². The number of rotatable bonds is 12. The van der Waals surface area contributed by atoms with Crippen LogP contribution in [0.25, 0.3) is 11.2 Å². The zero-order valence-electron chi connectivity index (χ0n) is 21.4. The normalized spacial score (nSPS) is 11.4. The first kappa shape index (κ1) is 26.2. The summed E-state index contributed by atoms with van der Waals surface area (Å²) < 4.78 is 9.14. The number of fused-ring (bicyclic) bond motifs is 1. The van der Waals surface area contributed by atoms with Gasteiger partial charge in [0.1, 0.15) is 18.2 Å².